The molecule has 0 radical (unpaired) electrons. The van der Waals surface area contributed by atoms with Crippen LogP contribution in [0.5, 0.6) is 0 Å². The first-order chi connectivity index (χ1) is 8.69. The quantitative estimate of drug-likeness (QED) is 0.619. The highest BCUT2D eigenvalue weighted by atomic mass is 35.5. The summed E-state index contributed by atoms with van der Waals surface area (Å²) in [6.07, 6.45) is 2.13. The van der Waals surface area contributed by atoms with Crippen LogP contribution in [0.3, 0.4) is 0 Å². The van der Waals surface area contributed by atoms with Crippen LogP contribution >= 0.6 is 11.6 Å². The fraction of sp³-hybridized carbons (Fsp3) is 0.462. The van der Waals surface area contributed by atoms with Gasteiger partial charge in [-0.05, 0) is 37.0 Å². The number of rotatable bonds is 6. The maximum absolute atomic E-state index is 13.0. The Morgan fingerprint density at radius 3 is 3.11 bits per heavy atom. The summed E-state index contributed by atoms with van der Waals surface area (Å²) in [6.45, 7) is 2.97. The molecule has 0 fully saturated rings. The molecule has 0 spiro atoms. The SMILES string of the molecule is CC(CCl)CCCNc1nc2ccc(F)cc2[nH]1. The zero-order chi connectivity index (χ0) is 13.0. The number of fused-ring (bicyclic) bond motifs is 1. The lowest BCUT2D eigenvalue weighted by Crippen LogP contribution is -2.05. The Morgan fingerprint density at radius 1 is 1.50 bits per heavy atom. The van der Waals surface area contributed by atoms with E-state index < -0.39 is 0 Å². The number of nitrogens with zero attached hydrogens (tertiary/aromatic N) is 1. The van der Waals surface area contributed by atoms with Gasteiger partial charge < -0.3 is 10.3 Å². The number of hydrogen-bond donors (Lipinski definition) is 2. The summed E-state index contributed by atoms with van der Waals surface area (Å²) in [5.41, 5.74) is 1.49. The van der Waals surface area contributed by atoms with Crippen molar-refractivity contribution >= 4 is 28.6 Å². The molecule has 1 unspecified atom stereocenters. The van der Waals surface area contributed by atoms with Crippen molar-refractivity contribution in [3.63, 3.8) is 0 Å². The molecule has 0 bridgehead atoms. The first-order valence-corrected chi connectivity index (χ1v) is 6.67. The van der Waals surface area contributed by atoms with Gasteiger partial charge in [-0.3, -0.25) is 0 Å². The smallest absolute Gasteiger partial charge is 0.201 e. The third-order valence-electron chi connectivity index (χ3n) is 2.87. The largest absolute Gasteiger partial charge is 0.356 e. The van der Waals surface area contributed by atoms with Gasteiger partial charge in [-0.2, -0.15) is 0 Å². The molecule has 2 N–H and O–H groups in total. The molecule has 0 aliphatic heterocycles. The third kappa shape index (κ3) is 3.35. The second-order valence-electron chi connectivity index (χ2n) is 4.58. The molecule has 18 heavy (non-hydrogen) atoms. The molecule has 0 amide bonds. The molecule has 1 aromatic heterocycles. The molecule has 1 heterocycles. The molecule has 0 aliphatic rings. The summed E-state index contributed by atoms with van der Waals surface area (Å²) >= 11 is 5.74. The number of anilines is 1. The first-order valence-electron chi connectivity index (χ1n) is 6.14. The number of halogens is 2. The van der Waals surface area contributed by atoms with Gasteiger partial charge in [0.05, 0.1) is 11.0 Å². The van der Waals surface area contributed by atoms with Gasteiger partial charge in [-0.15, -0.1) is 11.6 Å². The number of aromatic amines is 1. The van der Waals surface area contributed by atoms with Crippen molar-refractivity contribution in [2.75, 3.05) is 17.7 Å². The van der Waals surface area contributed by atoms with Gasteiger partial charge >= 0.3 is 0 Å². The highest BCUT2D eigenvalue weighted by Crippen LogP contribution is 2.15. The van der Waals surface area contributed by atoms with Gasteiger partial charge in [0, 0.05) is 12.4 Å². The molecule has 1 aromatic carbocycles. The predicted molar refractivity (Wildman–Crippen MR) is 73.7 cm³/mol. The molecule has 3 nitrogen and oxygen atoms in total. The Bertz CT molecular complexity index is 512. The van der Waals surface area contributed by atoms with Crippen molar-refractivity contribution in [3.05, 3.63) is 24.0 Å². The van der Waals surface area contributed by atoms with E-state index in [-0.39, 0.29) is 5.82 Å². The fourth-order valence-electron chi connectivity index (χ4n) is 1.80. The van der Waals surface area contributed by atoms with Gasteiger partial charge in [0.1, 0.15) is 5.82 Å². The minimum Gasteiger partial charge on any atom is -0.356 e. The van der Waals surface area contributed by atoms with Crippen LogP contribution in [0.1, 0.15) is 19.8 Å². The van der Waals surface area contributed by atoms with Gasteiger partial charge in [0.2, 0.25) is 5.95 Å². The second-order valence-corrected chi connectivity index (χ2v) is 4.88. The molecule has 2 rings (SSSR count). The highest BCUT2D eigenvalue weighted by molar-refractivity contribution is 6.18. The highest BCUT2D eigenvalue weighted by Gasteiger charge is 2.04. The molecule has 0 saturated carbocycles. The van der Waals surface area contributed by atoms with Crippen molar-refractivity contribution in [1.82, 2.24) is 9.97 Å². The van der Waals surface area contributed by atoms with Crippen LogP contribution in [0, 0.1) is 11.7 Å². The van der Waals surface area contributed by atoms with E-state index in [1.807, 2.05) is 0 Å². The van der Waals surface area contributed by atoms with Gasteiger partial charge in [0.25, 0.3) is 0 Å². The van der Waals surface area contributed by atoms with E-state index in [0.29, 0.717) is 23.3 Å². The number of aromatic nitrogens is 2. The van der Waals surface area contributed by atoms with Crippen molar-refractivity contribution in [3.8, 4) is 0 Å². The molecule has 0 saturated heterocycles. The Morgan fingerprint density at radius 2 is 2.33 bits per heavy atom. The summed E-state index contributed by atoms with van der Waals surface area (Å²) in [5, 5.41) is 3.20. The van der Waals surface area contributed by atoms with E-state index in [0.717, 1.165) is 24.9 Å². The minimum absolute atomic E-state index is 0.256. The van der Waals surface area contributed by atoms with E-state index in [9.17, 15) is 4.39 Å². The van der Waals surface area contributed by atoms with Gasteiger partial charge in [-0.1, -0.05) is 6.92 Å². The lowest BCUT2D eigenvalue weighted by Gasteiger charge is -2.06. The molecule has 2 aromatic rings. The average Bonchev–Trinajstić information content (AvgIpc) is 2.76. The van der Waals surface area contributed by atoms with E-state index in [4.69, 9.17) is 11.6 Å². The molecule has 1 atom stereocenters. The molecule has 0 aliphatic carbocycles. The lowest BCUT2D eigenvalue weighted by molar-refractivity contribution is 0.572. The number of imidazole rings is 1. The van der Waals surface area contributed by atoms with Crippen LogP contribution in [0.15, 0.2) is 18.2 Å². The monoisotopic (exact) mass is 269 g/mol. The second kappa shape index (κ2) is 6.05. The predicted octanol–water partition coefficient (Wildman–Crippen LogP) is 3.77. The Labute approximate surface area is 111 Å². The Hall–Kier alpha value is -1.29. The molecule has 5 heteroatoms. The summed E-state index contributed by atoms with van der Waals surface area (Å²) in [6, 6.07) is 4.53. The lowest BCUT2D eigenvalue weighted by atomic mass is 10.1. The normalized spacial score (nSPS) is 12.8. The van der Waals surface area contributed by atoms with E-state index in [1.54, 1.807) is 6.07 Å². The number of nitrogens with one attached hydrogen (secondary N) is 2. The number of alkyl halides is 1. The van der Waals surface area contributed by atoms with E-state index in [2.05, 4.69) is 22.2 Å². The van der Waals surface area contributed by atoms with Crippen LogP contribution < -0.4 is 5.32 Å². The fourth-order valence-corrected chi connectivity index (χ4v) is 1.95. The molecule has 98 valence electrons. The van der Waals surface area contributed by atoms with Crippen LogP contribution in [-0.2, 0) is 0 Å². The standard InChI is InChI=1S/C13H17ClFN3/c1-9(8-14)3-2-6-16-13-17-11-5-4-10(15)7-12(11)18-13/h4-5,7,9H,2-3,6,8H2,1H3,(H2,16,17,18). The van der Waals surface area contributed by atoms with Gasteiger partial charge in [-0.25, -0.2) is 9.37 Å². The summed E-state index contributed by atoms with van der Waals surface area (Å²) in [4.78, 5) is 7.38. The van der Waals surface area contributed by atoms with Gasteiger partial charge in [0.15, 0.2) is 0 Å². The van der Waals surface area contributed by atoms with Crippen LogP contribution in [0.4, 0.5) is 10.3 Å². The molecular formula is C13H17ClFN3. The zero-order valence-corrected chi connectivity index (χ0v) is 11.1. The van der Waals surface area contributed by atoms with Crippen molar-refractivity contribution in [2.24, 2.45) is 5.92 Å². The summed E-state index contributed by atoms with van der Waals surface area (Å²) in [5.74, 6) is 1.67. The average molecular weight is 270 g/mol. The number of benzene rings is 1. The Balaban J connectivity index is 1.88. The van der Waals surface area contributed by atoms with E-state index >= 15 is 0 Å². The number of hydrogen-bond acceptors (Lipinski definition) is 2. The third-order valence-corrected chi connectivity index (χ3v) is 3.40. The summed E-state index contributed by atoms with van der Waals surface area (Å²) < 4.78 is 13.0. The van der Waals surface area contributed by atoms with Crippen LogP contribution in [0.25, 0.3) is 11.0 Å². The molecular weight excluding hydrogens is 253 g/mol. The topological polar surface area (TPSA) is 40.7 Å². The maximum Gasteiger partial charge on any atom is 0.201 e. The Kier molecular flexibility index (Phi) is 4.42. The minimum atomic E-state index is -0.256. The van der Waals surface area contributed by atoms with E-state index in [1.165, 1.54) is 12.1 Å². The first kappa shape index (κ1) is 13.1. The zero-order valence-electron chi connectivity index (χ0n) is 10.3. The van der Waals surface area contributed by atoms with Crippen LogP contribution in [0.2, 0.25) is 0 Å². The van der Waals surface area contributed by atoms with Crippen molar-refractivity contribution in [2.45, 2.75) is 19.8 Å². The summed E-state index contributed by atoms with van der Waals surface area (Å²) in [7, 11) is 0. The van der Waals surface area contributed by atoms with Crippen LogP contribution in [-0.4, -0.2) is 22.4 Å². The van der Waals surface area contributed by atoms with Crippen molar-refractivity contribution in [1.29, 1.82) is 0 Å². The maximum atomic E-state index is 13.0. The van der Waals surface area contributed by atoms with Crippen molar-refractivity contribution < 1.29 is 4.39 Å². The number of H-pyrrole nitrogens is 1.